The molecule has 180 valence electrons. The monoisotopic (exact) mass is 463 g/mol. The van der Waals surface area contributed by atoms with E-state index in [2.05, 4.69) is 58.3 Å². The van der Waals surface area contributed by atoms with E-state index in [1.54, 1.807) is 14.2 Å². The van der Waals surface area contributed by atoms with Gasteiger partial charge in [-0.15, -0.1) is 0 Å². The summed E-state index contributed by atoms with van der Waals surface area (Å²) in [5.74, 6) is 2.22. The lowest BCUT2D eigenvalue weighted by molar-refractivity contribution is 0.0103. The largest absolute Gasteiger partial charge is 0.493 e. The van der Waals surface area contributed by atoms with Crippen molar-refractivity contribution >= 4 is 11.3 Å². The van der Waals surface area contributed by atoms with E-state index in [-0.39, 0.29) is 12.0 Å². The van der Waals surface area contributed by atoms with Gasteiger partial charge in [0, 0.05) is 50.9 Å². The first kappa shape index (κ1) is 22.7. The topological polar surface area (TPSA) is 55.8 Å². The van der Waals surface area contributed by atoms with Crippen LogP contribution < -0.4 is 14.2 Å². The van der Waals surface area contributed by atoms with Gasteiger partial charge in [0.25, 0.3) is 0 Å². The van der Waals surface area contributed by atoms with Gasteiger partial charge in [0.15, 0.2) is 17.6 Å². The second-order valence-corrected chi connectivity index (χ2v) is 9.10. The summed E-state index contributed by atoms with van der Waals surface area (Å²) in [4.78, 5) is 10.9. The van der Waals surface area contributed by atoms with Crippen LogP contribution in [0.1, 0.15) is 18.1 Å². The van der Waals surface area contributed by atoms with E-state index in [1.807, 2.05) is 12.1 Å². The molecule has 0 amide bonds. The van der Waals surface area contributed by atoms with Crippen molar-refractivity contribution in [1.29, 1.82) is 0 Å². The standard InChI is InChI=1S/C27H33N3O4/c1-19(20-7-5-4-6-8-20)9-10-29-11-13-30(14-12-29)17-26-22-18-33-23-16-25(32-3)24(31-2)15-21(23)27(22)28-34-26/h4-9,15-16,22,26H,10-14,17-18H2,1-3H3/t22-,26-/m0/s1. The fourth-order valence-electron chi connectivity index (χ4n) is 4.89. The van der Waals surface area contributed by atoms with Crippen molar-refractivity contribution in [1.82, 2.24) is 9.80 Å². The number of piperazine rings is 1. The molecule has 0 radical (unpaired) electrons. The van der Waals surface area contributed by atoms with Gasteiger partial charge >= 0.3 is 0 Å². The molecule has 3 aliphatic rings. The Kier molecular flexibility index (Phi) is 6.74. The Labute approximate surface area is 201 Å². The molecule has 1 saturated heterocycles. The number of methoxy groups -OCH3 is 2. The van der Waals surface area contributed by atoms with E-state index in [4.69, 9.17) is 19.0 Å². The molecule has 2 atom stereocenters. The Morgan fingerprint density at radius 2 is 1.74 bits per heavy atom. The first-order chi connectivity index (χ1) is 16.7. The van der Waals surface area contributed by atoms with Crippen LogP contribution in [0.3, 0.4) is 0 Å². The van der Waals surface area contributed by atoms with Crippen LogP contribution in [0.25, 0.3) is 5.57 Å². The van der Waals surface area contributed by atoms with E-state index in [9.17, 15) is 0 Å². The minimum Gasteiger partial charge on any atom is -0.493 e. The Hall–Kier alpha value is -3.03. The summed E-state index contributed by atoms with van der Waals surface area (Å²) in [5.41, 5.74) is 4.51. The molecule has 0 N–H and O–H groups in total. The maximum Gasteiger partial charge on any atom is 0.164 e. The molecule has 0 unspecified atom stereocenters. The lowest BCUT2D eigenvalue weighted by atomic mass is 9.90. The summed E-state index contributed by atoms with van der Waals surface area (Å²) in [5, 5.41) is 4.46. The highest BCUT2D eigenvalue weighted by atomic mass is 16.6. The summed E-state index contributed by atoms with van der Waals surface area (Å²) in [7, 11) is 3.27. The molecule has 7 heteroatoms. The van der Waals surface area contributed by atoms with Crippen molar-refractivity contribution in [3.63, 3.8) is 0 Å². The molecular weight excluding hydrogens is 430 g/mol. The smallest absolute Gasteiger partial charge is 0.164 e. The van der Waals surface area contributed by atoms with Gasteiger partial charge in [-0.2, -0.15) is 0 Å². The lowest BCUT2D eigenvalue weighted by Gasteiger charge is -2.36. The zero-order chi connectivity index (χ0) is 23.5. The number of allylic oxidation sites excluding steroid dienone is 1. The van der Waals surface area contributed by atoms with Crippen LogP contribution >= 0.6 is 0 Å². The van der Waals surface area contributed by atoms with Gasteiger partial charge in [-0.25, -0.2) is 0 Å². The Bertz CT molecular complexity index is 1060. The third-order valence-electron chi connectivity index (χ3n) is 7.05. The first-order valence-electron chi connectivity index (χ1n) is 12.0. The Morgan fingerprint density at radius 1 is 1.03 bits per heavy atom. The maximum absolute atomic E-state index is 6.08. The van der Waals surface area contributed by atoms with Crippen LogP contribution in [0.4, 0.5) is 0 Å². The molecule has 7 nitrogen and oxygen atoms in total. The summed E-state index contributed by atoms with van der Waals surface area (Å²) in [6, 6.07) is 14.4. The van der Waals surface area contributed by atoms with E-state index in [0.29, 0.717) is 18.1 Å². The quantitative estimate of drug-likeness (QED) is 0.626. The maximum atomic E-state index is 6.08. The average Bonchev–Trinajstić information content (AvgIpc) is 3.30. The summed E-state index contributed by atoms with van der Waals surface area (Å²) in [6.07, 6.45) is 2.34. The molecule has 3 aliphatic heterocycles. The normalized spacial score (nSPS) is 22.8. The first-order valence-corrected chi connectivity index (χ1v) is 12.0. The SMILES string of the molecule is COc1cc2c(cc1OC)C1=NO[C@@H](CN3CCN(CC=C(C)c4ccccc4)CC3)[C@@H]1CO2. The number of benzene rings is 2. The number of ether oxygens (including phenoxy) is 3. The molecule has 0 aliphatic carbocycles. The molecule has 0 saturated carbocycles. The minimum absolute atomic E-state index is 0.00279. The predicted octanol–water partition coefficient (Wildman–Crippen LogP) is 3.54. The molecule has 1 fully saturated rings. The summed E-state index contributed by atoms with van der Waals surface area (Å²) < 4.78 is 17.0. The van der Waals surface area contributed by atoms with E-state index >= 15 is 0 Å². The van der Waals surface area contributed by atoms with Crippen molar-refractivity contribution in [2.75, 3.05) is 60.1 Å². The van der Waals surface area contributed by atoms with Gasteiger partial charge in [0.1, 0.15) is 18.1 Å². The number of rotatable bonds is 7. The zero-order valence-corrected chi connectivity index (χ0v) is 20.2. The van der Waals surface area contributed by atoms with Crippen LogP contribution in [0.15, 0.2) is 53.7 Å². The Balaban J connectivity index is 1.15. The highest BCUT2D eigenvalue weighted by Crippen LogP contribution is 2.40. The number of nitrogens with zero attached hydrogens (tertiary/aromatic N) is 3. The molecule has 5 rings (SSSR count). The van der Waals surface area contributed by atoms with Gasteiger partial charge in [-0.1, -0.05) is 41.6 Å². The van der Waals surface area contributed by atoms with E-state index in [0.717, 1.165) is 56.3 Å². The predicted molar refractivity (Wildman–Crippen MR) is 133 cm³/mol. The highest BCUT2D eigenvalue weighted by molar-refractivity contribution is 6.06. The molecular formula is C27H33N3O4. The van der Waals surface area contributed by atoms with Crippen molar-refractivity contribution in [2.45, 2.75) is 13.0 Å². The molecule has 2 aromatic carbocycles. The third-order valence-corrected chi connectivity index (χ3v) is 7.05. The van der Waals surface area contributed by atoms with Crippen molar-refractivity contribution in [3.8, 4) is 17.2 Å². The highest BCUT2D eigenvalue weighted by Gasteiger charge is 2.41. The molecule has 0 bridgehead atoms. The number of oxime groups is 1. The van der Waals surface area contributed by atoms with Crippen LogP contribution in [-0.2, 0) is 4.84 Å². The fraction of sp³-hybridized carbons (Fsp3) is 0.444. The summed E-state index contributed by atoms with van der Waals surface area (Å²) >= 11 is 0. The Morgan fingerprint density at radius 3 is 2.47 bits per heavy atom. The van der Waals surface area contributed by atoms with Gasteiger partial charge in [-0.05, 0) is 24.1 Å². The molecule has 34 heavy (non-hydrogen) atoms. The number of fused-ring (bicyclic) bond motifs is 3. The number of hydrogen-bond acceptors (Lipinski definition) is 7. The van der Waals surface area contributed by atoms with Crippen LogP contribution in [0.2, 0.25) is 0 Å². The van der Waals surface area contributed by atoms with Crippen molar-refractivity contribution < 1.29 is 19.0 Å². The minimum atomic E-state index is 0.00279. The van der Waals surface area contributed by atoms with E-state index in [1.165, 1.54) is 11.1 Å². The lowest BCUT2D eigenvalue weighted by Crippen LogP contribution is -2.50. The van der Waals surface area contributed by atoms with Crippen LogP contribution in [-0.4, -0.2) is 81.7 Å². The van der Waals surface area contributed by atoms with Gasteiger partial charge in [-0.3, -0.25) is 9.80 Å². The van der Waals surface area contributed by atoms with Crippen molar-refractivity contribution in [2.24, 2.45) is 11.1 Å². The average molecular weight is 464 g/mol. The second kappa shape index (κ2) is 10.1. The molecule has 2 aromatic rings. The van der Waals surface area contributed by atoms with Gasteiger partial charge in [0.2, 0.25) is 0 Å². The molecule has 0 spiro atoms. The third kappa shape index (κ3) is 4.63. The van der Waals surface area contributed by atoms with Gasteiger partial charge < -0.3 is 19.0 Å². The molecule has 0 aromatic heterocycles. The zero-order valence-electron chi connectivity index (χ0n) is 20.2. The number of hydrogen-bond donors (Lipinski definition) is 0. The van der Waals surface area contributed by atoms with Crippen LogP contribution in [0.5, 0.6) is 17.2 Å². The fourth-order valence-corrected chi connectivity index (χ4v) is 4.89. The summed E-state index contributed by atoms with van der Waals surface area (Å²) in [6.45, 7) is 8.77. The second-order valence-electron chi connectivity index (χ2n) is 9.10. The van der Waals surface area contributed by atoms with E-state index < -0.39 is 0 Å². The van der Waals surface area contributed by atoms with Gasteiger partial charge in [0.05, 0.1) is 20.1 Å². The molecule has 3 heterocycles. The van der Waals surface area contributed by atoms with Crippen molar-refractivity contribution in [3.05, 3.63) is 59.7 Å². The van der Waals surface area contributed by atoms with Crippen LogP contribution in [0, 0.1) is 5.92 Å².